The summed E-state index contributed by atoms with van der Waals surface area (Å²) in [7, 11) is 1.72. The van der Waals surface area contributed by atoms with Gasteiger partial charge < -0.3 is 29.3 Å². The first-order chi connectivity index (χ1) is 29.4. The third-order valence-corrected chi connectivity index (χ3v) is 12.2. The van der Waals surface area contributed by atoms with Gasteiger partial charge in [-0.25, -0.2) is 41.6 Å². The van der Waals surface area contributed by atoms with Gasteiger partial charge >= 0.3 is 0 Å². The first-order valence-electron chi connectivity index (χ1n) is 20.3. The average molecular weight is 844 g/mol. The molecule has 61 heavy (non-hydrogen) atoms. The van der Waals surface area contributed by atoms with E-state index in [1.165, 1.54) is 29.1 Å². The molecule has 2 unspecified atom stereocenters. The number of carbonyl (C=O) groups is 1. The van der Waals surface area contributed by atoms with Gasteiger partial charge in [-0.05, 0) is 51.0 Å². The van der Waals surface area contributed by atoms with E-state index < -0.39 is 42.1 Å². The van der Waals surface area contributed by atoms with Crippen molar-refractivity contribution < 1.29 is 31.5 Å². The van der Waals surface area contributed by atoms with Crippen molar-refractivity contribution in [2.24, 2.45) is 0 Å². The van der Waals surface area contributed by atoms with Crippen molar-refractivity contribution in [2.45, 2.75) is 69.9 Å². The summed E-state index contributed by atoms with van der Waals surface area (Å²) in [6.07, 6.45) is 1.18. The molecular weight excluding hydrogens is 802 g/mol. The van der Waals surface area contributed by atoms with E-state index >= 15 is 8.78 Å². The van der Waals surface area contributed by atoms with E-state index in [0.29, 0.717) is 72.0 Å². The number of nitrogens with zero attached hydrogens (tertiary/aromatic N) is 12. The number of aryl methyl sites for hydroxylation is 1. The topological polar surface area (TPSA) is 138 Å². The van der Waals surface area contributed by atoms with Crippen molar-refractivity contribution in [3.63, 3.8) is 0 Å². The fourth-order valence-corrected chi connectivity index (χ4v) is 9.60. The van der Waals surface area contributed by atoms with Crippen molar-refractivity contribution in [1.82, 2.24) is 49.1 Å². The van der Waals surface area contributed by atoms with E-state index in [2.05, 4.69) is 20.4 Å². The SMILES string of the molecule is CCO[C@H]1CN(C)C(=O)[C@@H]2C[C@@H](CN2c2nc(N3C4CC3CN(CC(F)F)C4)nc3c2cnn3-c2ccc(F)cc2F)Nc2nccc(n2)-c2cc(F)cc3nc(C)n(c23)C1. The molecule has 1 N–H and O–H groups in total. The van der Waals surface area contributed by atoms with Gasteiger partial charge in [0.05, 0.1) is 47.5 Å². The minimum Gasteiger partial charge on any atom is -0.375 e. The van der Waals surface area contributed by atoms with Crippen LogP contribution in [0.1, 0.15) is 25.6 Å². The smallest absolute Gasteiger partial charge is 0.251 e. The molecule has 4 aromatic heterocycles. The molecule has 0 aliphatic carbocycles. The molecule has 2 aromatic carbocycles. The second kappa shape index (κ2) is 15.2. The van der Waals surface area contributed by atoms with Crippen LogP contribution in [0.5, 0.6) is 0 Å². The van der Waals surface area contributed by atoms with Crippen LogP contribution in [0.2, 0.25) is 0 Å². The third kappa shape index (κ3) is 6.94. The predicted molar refractivity (Wildman–Crippen MR) is 215 cm³/mol. The normalized spacial score (nSPS) is 23.1. The van der Waals surface area contributed by atoms with E-state index in [1.54, 1.807) is 29.1 Å². The van der Waals surface area contributed by atoms with Crippen LogP contribution in [0.3, 0.4) is 0 Å². The minimum absolute atomic E-state index is 0.0421. The number of imidazole rings is 1. The van der Waals surface area contributed by atoms with Crippen molar-refractivity contribution in [3.05, 3.63) is 72.1 Å². The maximum atomic E-state index is 15.4. The summed E-state index contributed by atoms with van der Waals surface area (Å²) in [6, 6.07) is 6.19. The number of halogens is 5. The highest BCUT2D eigenvalue weighted by atomic mass is 19.3. The second-order valence-electron chi connectivity index (χ2n) is 16.2. The quantitative estimate of drug-likeness (QED) is 0.221. The van der Waals surface area contributed by atoms with Crippen molar-refractivity contribution in [1.29, 1.82) is 0 Å². The molecule has 10 rings (SSSR count). The van der Waals surface area contributed by atoms with E-state index in [9.17, 15) is 18.0 Å². The second-order valence-corrected chi connectivity index (χ2v) is 16.2. The molecule has 5 atom stereocenters. The molecule has 318 valence electrons. The number of alkyl halides is 2. The maximum Gasteiger partial charge on any atom is 0.251 e. The number of piperazine rings is 1. The van der Waals surface area contributed by atoms with Crippen LogP contribution in [-0.4, -0.2) is 138 Å². The molecule has 8 heterocycles. The zero-order chi connectivity index (χ0) is 42.3. The van der Waals surface area contributed by atoms with Gasteiger partial charge in [0.15, 0.2) is 11.5 Å². The Morgan fingerprint density at radius 3 is 2.52 bits per heavy atom. The number of hydrogen-bond acceptors (Lipinski definition) is 12. The van der Waals surface area contributed by atoms with Crippen LogP contribution in [0.15, 0.2) is 48.8 Å². The number of likely N-dealkylation sites (N-methyl/N-ethyl adjacent to an activating group) is 1. The Hall–Kier alpha value is -6.02. The Balaban J connectivity index is 1.09. The highest BCUT2D eigenvalue weighted by molar-refractivity contribution is 5.94. The molecule has 0 saturated carbocycles. The highest BCUT2D eigenvalue weighted by Crippen LogP contribution is 2.40. The zero-order valence-corrected chi connectivity index (χ0v) is 33.5. The number of fused-ring (bicyclic) bond motifs is 8. The van der Waals surface area contributed by atoms with Gasteiger partial charge in [-0.2, -0.15) is 15.1 Å². The summed E-state index contributed by atoms with van der Waals surface area (Å²) in [5.41, 5.74) is 2.33. The van der Waals surface area contributed by atoms with Crippen LogP contribution < -0.4 is 15.1 Å². The number of rotatable bonds is 7. The number of nitrogens with one attached hydrogen (secondary N) is 1. The fraction of sp³-hybridized carbons (Fsp3) is 0.439. The van der Waals surface area contributed by atoms with Crippen LogP contribution in [0.25, 0.3) is 39.0 Å². The number of piperidine rings is 1. The largest absolute Gasteiger partial charge is 0.375 e. The van der Waals surface area contributed by atoms with Crippen molar-refractivity contribution in [3.8, 4) is 16.9 Å². The van der Waals surface area contributed by atoms with E-state index in [1.807, 2.05) is 28.2 Å². The molecule has 6 bridgehead atoms. The summed E-state index contributed by atoms with van der Waals surface area (Å²) in [6.45, 7) is 5.26. The molecular formula is C41H42F5N13O2. The lowest BCUT2D eigenvalue weighted by molar-refractivity contribution is -0.133. The summed E-state index contributed by atoms with van der Waals surface area (Å²) >= 11 is 0. The Bertz CT molecular complexity index is 2660. The molecule has 0 radical (unpaired) electrons. The minimum atomic E-state index is -2.47. The van der Waals surface area contributed by atoms with Crippen LogP contribution in [-0.2, 0) is 16.1 Å². The summed E-state index contributed by atoms with van der Waals surface area (Å²) < 4.78 is 81.0. The van der Waals surface area contributed by atoms with Gasteiger partial charge in [0.1, 0.15) is 35.0 Å². The number of likely N-dealkylation sites (tertiary alicyclic amines) is 1. The number of amides is 1. The Labute approximate surface area is 346 Å². The maximum absolute atomic E-state index is 15.4. The van der Waals surface area contributed by atoms with Crippen LogP contribution in [0.4, 0.5) is 39.7 Å². The molecule has 4 aliphatic rings. The Morgan fingerprint density at radius 1 is 0.934 bits per heavy atom. The summed E-state index contributed by atoms with van der Waals surface area (Å²) in [5, 5.41) is 8.35. The standard InChI is InChI=1S/C41H42F5N13O2/c1-4-61-27-18-54(3)39(60)34-12-24(50-40-47-8-7-31(51-40)28-9-23(43)11-32-36(28)56(19-27)21(2)49-32)15-57(34)37-29-14-48-59(33-6-5-22(42)10-30(33)44)38(29)53-41(52-37)58-25-13-26(58)17-55(16-25)20-35(45)46/h5-11,14,24-27,34-35H,4,12-13,15-20H2,1-3H3,(H,47,50,51)/t24-,25?,26?,27-,34-/m0/s1. The number of aromatic nitrogens is 8. The van der Waals surface area contributed by atoms with E-state index in [-0.39, 0.29) is 60.9 Å². The zero-order valence-electron chi connectivity index (χ0n) is 33.5. The first-order valence-corrected chi connectivity index (χ1v) is 20.3. The molecule has 0 spiro atoms. The number of anilines is 3. The number of benzene rings is 2. The number of hydrogen-bond donors (Lipinski definition) is 1. The van der Waals surface area contributed by atoms with Gasteiger partial charge in [0, 0.05) is 81.9 Å². The Morgan fingerprint density at radius 2 is 1.75 bits per heavy atom. The third-order valence-electron chi connectivity index (χ3n) is 12.2. The molecule has 20 heteroatoms. The van der Waals surface area contributed by atoms with Crippen molar-refractivity contribution >= 4 is 45.7 Å². The van der Waals surface area contributed by atoms with Crippen LogP contribution >= 0.6 is 0 Å². The Kier molecular flexibility index (Phi) is 9.72. The molecule has 15 nitrogen and oxygen atoms in total. The van der Waals surface area contributed by atoms with Gasteiger partial charge in [-0.15, -0.1) is 0 Å². The number of ether oxygens (including phenoxy) is 1. The van der Waals surface area contributed by atoms with Gasteiger partial charge in [0.25, 0.3) is 6.43 Å². The monoisotopic (exact) mass is 843 g/mol. The molecule has 6 aromatic rings. The van der Waals surface area contributed by atoms with Gasteiger partial charge in [-0.1, -0.05) is 0 Å². The molecule has 3 saturated heterocycles. The summed E-state index contributed by atoms with van der Waals surface area (Å²) in [4.78, 5) is 46.2. The van der Waals surface area contributed by atoms with Crippen molar-refractivity contribution in [2.75, 3.05) is 61.5 Å². The van der Waals surface area contributed by atoms with Crippen LogP contribution in [0, 0.1) is 24.4 Å². The van der Waals surface area contributed by atoms with E-state index in [4.69, 9.17) is 19.7 Å². The summed E-state index contributed by atoms with van der Waals surface area (Å²) in [5.74, 6) is -0.753. The number of carbonyl (C=O) groups excluding carboxylic acids is 1. The molecule has 4 aliphatic heterocycles. The van der Waals surface area contributed by atoms with E-state index in [0.717, 1.165) is 18.6 Å². The predicted octanol–water partition coefficient (Wildman–Crippen LogP) is 4.81. The first kappa shape index (κ1) is 39.1. The lowest BCUT2D eigenvalue weighted by Gasteiger charge is -2.56. The average Bonchev–Trinajstić information content (AvgIpc) is 3.91. The molecule has 1 amide bonds. The lowest BCUT2D eigenvalue weighted by Crippen LogP contribution is -2.69. The van der Waals surface area contributed by atoms with Gasteiger partial charge in [-0.3, -0.25) is 9.69 Å². The fourth-order valence-electron chi connectivity index (χ4n) is 9.60. The molecule has 3 fully saturated rings. The lowest BCUT2D eigenvalue weighted by atomic mass is 9.88. The highest BCUT2D eigenvalue weighted by Gasteiger charge is 2.48. The van der Waals surface area contributed by atoms with Gasteiger partial charge in [0.2, 0.25) is 17.8 Å².